The van der Waals surface area contributed by atoms with E-state index in [2.05, 4.69) is 15.3 Å². The van der Waals surface area contributed by atoms with Gasteiger partial charge in [-0.25, -0.2) is 4.98 Å². The standard InChI is InChI=1S/C10H17ClN4O/c11-10-14-7-8(12)9(15-10)13-5-3-1-2-4-6-16/h7,16H,1-6,12H2,(H,13,14,15). The van der Waals surface area contributed by atoms with Gasteiger partial charge in [0.1, 0.15) is 0 Å². The largest absolute Gasteiger partial charge is 0.396 e. The van der Waals surface area contributed by atoms with Gasteiger partial charge in [0.25, 0.3) is 0 Å². The van der Waals surface area contributed by atoms with Crippen molar-refractivity contribution in [2.75, 3.05) is 24.2 Å². The first-order chi connectivity index (χ1) is 7.74. The first-order valence-electron chi connectivity index (χ1n) is 5.37. The molecule has 16 heavy (non-hydrogen) atoms. The number of nitrogens with zero attached hydrogens (tertiary/aromatic N) is 2. The Hall–Kier alpha value is -1.07. The highest BCUT2D eigenvalue weighted by molar-refractivity contribution is 6.28. The molecule has 0 aliphatic heterocycles. The van der Waals surface area contributed by atoms with Gasteiger partial charge in [0.2, 0.25) is 5.28 Å². The molecule has 0 spiro atoms. The third-order valence-electron chi connectivity index (χ3n) is 2.16. The Bertz CT molecular complexity index is 322. The zero-order valence-corrected chi connectivity index (χ0v) is 9.87. The molecule has 90 valence electrons. The lowest BCUT2D eigenvalue weighted by Crippen LogP contribution is -2.07. The minimum Gasteiger partial charge on any atom is -0.396 e. The summed E-state index contributed by atoms with van der Waals surface area (Å²) in [5, 5.41) is 11.9. The summed E-state index contributed by atoms with van der Waals surface area (Å²) in [7, 11) is 0. The molecular weight excluding hydrogens is 228 g/mol. The molecule has 0 saturated carbocycles. The molecule has 0 saturated heterocycles. The highest BCUT2D eigenvalue weighted by Gasteiger charge is 2.01. The van der Waals surface area contributed by atoms with E-state index in [0.717, 1.165) is 32.2 Å². The van der Waals surface area contributed by atoms with Gasteiger partial charge in [0, 0.05) is 13.2 Å². The van der Waals surface area contributed by atoms with Gasteiger partial charge >= 0.3 is 0 Å². The van der Waals surface area contributed by atoms with Gasteiger partial charge in [-0.15, -0.1) is 0 Å². The summed E-state index contributed by atoms with van der Waals surface area (Å²) < 4.78 is 0. The average molecular weight is 245 g/mol. The second-order valence-electron chi connectivity index (χ2n) is 3.51. The maximum atomic E-state index is 8.60. The summed E-state index contributed by atoms with van der Waals surface area (Å²) in [5.41, 5.74) is 6.17. The topological polar surface area (TPSA) is 84.1 Å². The minimum absolute atomic E-state index is 0.192. The van der Waals surface area contributed by atoms with E-state index in [1.807, 2.05) is 0 Å². The molecule has 0 bridgehead atoms. The molecule has 1 heterocycles. The van der Waals surface area contributed by atoms with Crippen LogP contribution in [0.2, 0.25) is 5.28 Å². The van der Waals surface area contributed by atoms with E-state index in [4.69, 9.17) is 22.4 Å². The van der Waals surface area contributed by atoms with E-state index in [-0.39, 0.29) is 11.9 Å². The molecule has 1 aromatic rings. The fourth-order valence-electron chi connectivity index (χ4n) is 1.31. The number of nitrogens with one attached hydrogen (secondary N) is 1. The van der Waals surface area contributed by atoms with Crippen molar-refractivity contribution in [2.45, 2.75) is 25.7 Å². The predicted molar refractivity (Wildman–Crippen MR) is 65.5 cm³/mol. The number of aliphatic hydroxyl groups is 1. The van der Waals surface area contributed by atoms with Crippen LogP contribution in [0.25, 0.3) is 0 Å². The van der Waals surface area contributed by atoms with Crippen LogP contribution in [0.5, 0.6) is 0 Å². The Morgan fingerprint density at radius 1 is 1.31 bits per heavy atom. The van der Waals surface area contributed by atoms with E-state index in [1.165, 1.54) is 6.20 Å². The number of anilines is 2. The maximum absolute atomic E-state index is 8.60. The molecule has 0 fully saturated rings. The molecular formula is C10H17ClN4O. The van der Waals surface area contributed by atoms with Crippen LogP contribution in [0.4, 0.5) is 11.5 Å². The van der Waals surface area contributed by atoms with Crippen molar-refractivity contribution >= 4 is 23.1 Å². The Morgan fingerprint density at radius 2 is 2.06 bits per heavy atom. The van der Waals surface area contributed by atoms with Crippen molar-refractivity contribution in [3.8, 4) is 0 Å². The molecule has 0 aliphatic rings. The molecule has 6 heteroatoms. The number of hydrogen-bond acceptors (Lipinski definition) is 5. The molecule has 0 radical (unpaired) electrons. The predicted octanol–water partition coefficient (Wildman–Crippen LogP) is 1.68. The van der Waals surface area contributed by atoms with Gasteiger partial charge in [0.05, 0.1) is 11.9 Å². The fraction of sp³-hybridized carbons (Fsp3) is 0.600. The normalized spacial score (nSPS) is 10.4. The number of unbranched alkanes of at least 4 members (excludes halogenated alkanes) is 3. The van der Waals surface area contributed by atoms with Crippen molar-refractivity contribution < 1.29 is 5.11 Å². The zero-order chi connectivity index (χ0) is 11.8. The van der Waals surface area contributed by atoms with Crippen LogP contribution in [0.1, 0.15) is 25.7 Å². The number of halogens is 1. The van der Waals surface area contributed by atoms with Crippen LogP contribution >= 0.6 is 11.6 Å². The maximum Gasteiger partial charge on any atom is 0.224 e. The Kier molecular flexibility index (Phi) is 5.88. The van der Waals surface area contributed by atoms with E-state index >= 15 is 0 Å². The summed E-state index contributed by atoms with van der Waals surface area (Å²) >= 11 is 5.65. The van der Waals surface area contributed by atoms with Gasteiger partial charge in [-0.1, -0.05) is 12.8 Å². The molecule has 0 unspecified atom stereocenters. The third-order valence-corrected chi connectivity index (χ3v) is 2.35. The first-order valence-corrected chi connectivity index (χ1v) is 5.74. The van der Waals surface area contributed by atoms with Gasteiger partial charge in [-0.3, -0.25) is 0 Å². The van der Waals surface area contributed by atoms with Crippen molar-refractivity contribution in [1.82, 2.24) is 9.97 Å². The molecule has 1 aromatic heterocycles. The minimum atomic E-state index is 0.192. The average Bonchev–Trinajstić information content (AvgIpc) is 2.28. The van der Waals surface area contributed by atoms with Gasteiger partial charge in [-0.2, -0.15) is 4.98 Å². The molecule has 1 rings (SSSR count). The summed E-state index contributed by atoms with van der Waals surface area (Å²) in [6.45, 7) is 1.06. The van der Waals surface area contributed by atoms with Gasteiger partial charge < -0.3 is 16.2 Å². The van der Waals surface area contributed by atoms with E-state index in [0.29, 0.717) is 11.5 Å². The fourth-order valence-corrected chi connectivity index (χ4v) is 1.44. The van der Waals surface area contributed by atoms with Crippen LogP contribution in [-0.2, 0) is 0 Å². The summed E-state index contributed by atoms with van der Waals surface area (Å²) in [4.78, 5) is 7.75. The van der Waals surface area contributed by atoms with E-state index < -0.39 is 0 Å². The second kappa shape index (κ2) is 7.24. The summed E-state index contributed by atoms with van der Waals surface area (Å²) in [6.07, 6.45) is 5.48. The highest BCUT2D eigenvalue weighted by atomic mass is 35.5. The third kappa shape index (κ3) is 4.63. The van der Waals surface area contributed by atoms with Crippen LogP contribution < -0.4 is 11.1 Å². The number of aromatic nitrogens is 2. The lowest BCUT2D eigenvalue weighted by molar-refractivity contribution is 0.283. The SMILES string of the molecule is Nc1cnc(Cl)nc1NCCCCCCO. The van der Waals surface area contributed by atoms with Gasteiger partial charge in [0.15, 0.2) is 5.82 Å². The Morgan fingerprint density at radius 3 is 2.81 bits per heavy atom. The summed E-state index contributed by atoms with van der Waals surface area (Å²) in [6, 6.07) is 0. The molecule has 0 aromatic carbocycles. The van der Waals surface area contributed by atoms with E-state index in [1.54, 1.807) is 0 Å². The van der Waals surface area contributed by atoms with Crippen LogP contribution in [0.3, 0.4) is 0 Å². The lowest BCUT2D eigenvalue weighted by Gasteiger charge is -2.07. The van der Waals surface area contributed by atoms with Crippen LogP contribution in [0, 0.1) is 0 Å². The summed E-state index contributed by atoms with van der Waals surface area (Å²) in [5.74, 6) is 0.585. The zero-order valence-electron chi connectivity index (χ0n) is 9.12. The molecule has 0 atom stereocenters. The lowest BCUT2D eigenvalue weighted by atomic mass is 10.2. The molecule has 4 N–H and O–H groups in total. The smallest absolute Gasteiger partial charge is 0.224 e. The van der Waals surface area contributed by atoms with E-state index in [9.17, 15) is 0 Å². The van der Waals surface area contributed by atoms with Crippen LogP contribution in [0.15, 0.2) is 6.20 Å². The van der Waals surface area contributed by atoms with Crippen molar-refractivity contribution in [3.05, 3.63) is 11.5 Å². The Balaban J connectivity index is 2.23. The first kappa shape index (κ1) is 13.0. The van der Waals surface area contributed by atoms with Crippen molar-refractivity contribution in [1.29, 1.82) is 0 Å². The second-order valence-corrected chi connectivity index (χ2v) is 3.85. The van der Waals surface area contributed by atoms with Crippen molar-refractivity contribution in [3.63, 3.8) is 0 Å². The number of rotatable bonds is 7. The molecule has 0 amide bonds. The Labute approximate surface area is 100 Å². The number of aliphatic hydroxyl groups excluding tert-OH is 1. The van der Waals surface area contributed by atoms with Gasteiger partial charge in [-0.05, 0) is 24.4 Å². The molecule has 5 nitrogen and oxygen atoms in total. The number of hydrogen-bond donors (Lipinski definition) is 3. The van der Waals surface area contributed by atoms with Crippen molar-refractivity contribution in [2.24, 2.45) is 0 Å². The quantitative estimate of drug-likeness (QED) is 0.502. The monoisotopic (exact) mass is 244 g/mol. The number of nitrogen functional groups attached to an aromatic ring is 1. The molecule has 0 aliphatic carbocycles. The number of nitrogens with two attached hydrogens (primary N) is 1. The van der Waals surface area contributed by atoms with Crippen LogP contribution in [-0.4, -0.2) is 28.2 Å². The highest BCUT2D eigenvalue weighted by Crippen LogP contribution is 2.15.